The fourth-order valence-electron chi connectivity index (χ4n) is 1.53. The number of hydrogen-bond donors (Lipinski definition) is 1. The molecule has 2 N–H and O–H groups in total. The minimum atomic E-state index is -0.320. The number of nitrogens with two attached hydrogens (primary N) is 1. The monoisotopic (exact) mass is 220 g/mol. The number of nitrogens with zero attached hydrogens (tertiary/aromatic N) is 1. The smallest absolute Gasteiger partial charge is 0.199 e. The van der Waals surface area contributed by atoms with Crippen LogP contribution in [0.3, 0.4) is 0 Å². The molecule has 0 aliphatic rings. The molecule has 0 fully saturated rings. The summed E-state index contributed by atoms with van der Waals surface area (Å²) in [5.74, 6) is 1.12. The second kappa shape index (κ2) is 3.89. The zero-order valence-electron chi connectivity index (χ0n) is 9.20. The molecule has 0 amide bonds. The summed E-state index contributed by atoms with van der Waals surface area (Å²) < 4.78 is 18.6. The minimum absolute atomic E-state index is 0.320. The van der Waals surface area contributed by atoms with E-state index >= 15 is 0 Å². The van der Waals surface area contributed by atoms with E-state index in [1.165, 1.54) is 18.2 Å². The Morgan fingerprint density at radius 3 is 2.62 bits per heavy atom. The van der Waals surface area contributed by atoms with Gasteiger partial charge in [-0.2, -0.15) is 0 Å². The SMILES string of the molecule is Cc1ccc(N(C)c2cc(F)ccc2N)o1. The Kier molecular flexibility index (Phi) is 2.56. The highest BCUT2D eigenvalue weighted by Gasteiger charge is 2.11. The summed E-state index contributed by atoms with van der Waals surface area (Å²) in [5.41, 5.74) is 6.89. The molecule has 0 saturated heterocycles. The number of hydrogen-bond acceptors (Lipinski definition) is 3. The zero-order chi connectivity index (χ0) is 11.7. The van der Waals surface area contributed by atoms with Crippen LogP contribution in [0.5, 0.6) is 0 Å². The Hall–Kier alpha value is -1.97. The van der Waals surface area contributed by atoms with Crippen molar-refractivity contribution in [1.82, 2.24) is 0 Å². The molecule has 0 atom stereocenters. The number of rotatable bonds is 2. The molecule has 0 radical (unpaired) electrons. The van der Waals surface area contributed by atoms with Gasteiger partial charge in [0, 0.05) is 13.1 Å². The van der Waals surface area contributed by atoms with Crippen molar-refractivity contribution in [1.29, 1.82) is 0 Å². The van der Waals surface area contributed by atoms with Gasteiger partial charge in [0.1, 0.15) is 11.6 Å². The van der Waals surface area contributed by atoms with Gasteiger partial charge in [0.05, 0.1) is 11.4 Å². The fourth-order valence-corrected chi connectivity index (χ4v) is 1.53. The van der Waals surface area contributed by atoms with Crippen LogP contribution in [-0.2, 0) is 0 Å². The minimum Gasteiger partial charge on any atom is -0.446 e. The quantitative estimate of drug-likeness (QED) is 0.791. The van der Waals surface area contributed by atoms with E-state index in [-0.39, 0.29) is 5.82 Å². The largest absolute Gasteiger partial charge is 0.446 e. The average molecular weight is 220 g/mol. The Bertz CT molecular complexity index is 507. The zero-order valence-corrected chi connectivity index (χ0v) is 9.20. The highest BCUT2D eigenvalue weighted by molar-refractivity contribution is 5.72. The average Bonchev–Trinajstić information content (AvgIpc) is 2.67. The van der Waals surface area contributed by atoms with Crippen LogP contribution in [0.25, 0.3) is 0 Å². The van der Waals surface area contributed by atoms with Gasteiger partial charge in [-0.1, -0.05) is 0 Å². The van der Waals surface area contributed by atoms with Crippen LogP contribution in [0.4, 0.5) is 21.6 Å². The Balaban J connectivity index is 2.40. The van der Waals surface area contributed by atoms with Crippen molar-refractivity contribution in [2.24, 2.45) is 0 Å². The third kappa shape index (κ3) is 1.86. The normalized spacial score (nSPS) is 10.4. The molecule has 16 heavy (non-hydrogen) atoms. The molecule has 2 rings (SSSR count). The maximum atomic E-state index is 13.1. The summed E-state index contributed by atoms with van der Waals surface area (Å²) in [7, 11) is 1.78. The molecule has 2 aromatic rings. The number of furan rings is 1. The van der Waals surface area contributed by atoms with Crippen LogP contribution in [0.15, 0.2) is 34.7 Å². The van der Waals surface area contributed by atoms with Gasteiger partial charge in [-0.25, -0.2) is 4.39 Å². The Morgan fingerprint density at radius 1 is 1.25 bits per heavy atom. The van der Waals surface area contributed by atoms with Gasteiger partial charge in [0.15, 0.2) is 5.88 Å². The van der Waals surface area contributed by atoms with Crippen LogP contribution in [-0.4, -0.2) is 7.05 Å². The summed E-state index contributed by atoms with van der Waals surface area (Å²) in [6.45, 7) is 1.85. The van der Waals surface area contributed by atoms with Gasteiger partial charge in [-0.15, -0.1) is 0 Å². The second-order valence-corrected chi connectivity index (χ2v) is 3.65. The lowest BCUT2D eigenvalue weighted by atomic mass is 10.2. The molecule has 0 aliphatic heterocycles. The molecule has 1 aromatic heterocycles. The van der Waals surface area contributed by atoms with Gasteiger partial charge < -0.3 is 15.1 Å². The number of benzene rings is 1. The number of aryl methyl sites for hydroxylation is 1. The van der Waals surface area contributed by atoms with E-state index < -0.39 is 0 Å². The van der Waals surface area contributed by atoms with Gasteiger partial charge >= 0.3 is 0 Å². The first-order valence-corrected chi connectivity index (χ1v) is 4.93. The van der Waals surface area contributed by atoms with Crippen LogP contribution in [0, 0.1) is 12.7 Å². The summed E-state index contributed by atoms with van der Waals surface area (Å²) in [4.78, 5) is 1.71. The van der Waals surface area contributed by atoms with E-state index in [9.17, 15) is 4.39 Å². The lowest BCUT2D eigenvalue weighted by molar-refractivity contribution is 0.538. The molecular formula is C12H13FN2O. The summed E-state index contributed by atoms with van der Waals surface area (Å²) in [6.07, 6.45) is 0. The van der Waals surface area contributed by atoms with Crippen molar-refractivity contribution in [3.05, 3.63) is 41.9 Å². The molecule has 0 aliphatic carbocycles. The Labute approximate surface area is 93.3 Å². The highest BCUT2D eigenvalue weighted by atomic mass is 19.1. The standard InChI is InChI=1S/C12H13FN2O/c1-8-3-6-12(16-8)15(2)11-7-9(13)4-5-10(11)14/h3-7H,14H2,1-2H3. The summed E-state index contributed by atoms with van der Waals surface area (Å²) >= 11 is 0. The van der Waals surface area contributed by atoms with E-state index in [1.54, 1.807) is 11.9 Å². The first kappa shape index (κ1) is 10.5. The van der Waals surface area contributed by atoms with Crippen molar-refractivity contribution >= 4 is 17.3 Å². The third-order valence-electron chi connectivity index (χ3n) is 2.41. The fraction of sp³-hybridized carbons (Fsp3) is 0.167. The van der Waals surface area contributed by atoms with Gasteiger partial charge in [0.2, 0.25) is 0 Å². The summed E-state index contributed by atoms with van der Waals surface area (Å²) in [5, 5.41) is 0. The van der Waals surface area contributed by atoms with Crippen molar-refractivity contribution < 1.29 is 8.81 Å². The van der Waals surface area contributed by atoms with Gasteiger partial charge in [-0.05, 0) is 31.2 Å². The van der Waals surface area contributed by atoms with E-state index in [0.717, 1.165) is 5.76 Å². The first-order valence-electron chi connectivity index (χ1n) is 4.93. The molecule has 1 aromatic carbocycles. The molecule has 3 nitrogen and oxygen atoms in total. The van der Waals surface area contributed by atoms with E-state index in [4.69, 9.17) is 10.2 Å². The molecule has 0 unspecified atom stereocenters. The van der Waals surface area contributed by atoms with Crippen molar-refractivity contribution in [2.45, 2.75) is 6.92 Å². The summed E-state index contributed by atoms with van der Waals surface area (Å²) in [6, 6.07) is 7.92. The highest BCUT2D eigenvalue weighted by Crippen LogP contribution is 2.30. The van der Waals surface area contributed by atoms with E-state index in [2.05, 4.69) is 0 Å². The molecule has 84 valence electrons. The van der Waals surface area contributed by atoms with Gasteiger partial charge in [-0.3, -0.25) is 0 Å². The molecule has 0 saturated carbocycles. The Morgan fingerprint density at radius 2 is 2.00 bits per heavy atom. The number of halogens is 1. The predicted molar refractivity (Wildman–Crippen MR) is 62.3 cm³/mol. The molecule has 0 bridgehead atoms. The molecule has 0 spiro atoms. The van der Waals surface area contributed by atoms with Gasteiger partial charge in [0.25, 0.3) is 0 Å². The van der Waals surface area contributed by atoms with Crippen LogP contribution >= 0.6 is 0 Å². The molecular weight excluding hydrogens is 207 g/mol. The number of nitrogen functional groups attached to an aromatic ring is 1. The van der Waals surface area contributed by atoms with Crippen molar-refractivity contribution in [2.75, 3.05) is 17.7 Å². The van der Waals surface area contributed by atoms with Crippen LogP contribution < -0.4 is 10.6 Å². The van der Waals surface area contributed by atoms with E-state index in [1.807, 2.05) is 19.1 Å². The predicted octanol–water partition coefficient (Wildman–Crippen LogP) is 3.08. The second-order valence-electron chi connectivity index (χ2n) is 3.65. The lowest BCUT2D eigenvalue weighted by Crippen LogP contribution is -2.11. The van der Waals surface area contributed by atoms with Crippen molar-refractivity contribution in [3.63, 3.8) is 0 Å². The third-order valence-corrected chi connectivity index (χ3v) is 2.41. The van der Waals surface area contributed by atoms with E-state index in [0.29, 0.717) is 17.3 Å². The topological polar surface area (TPSA) is 42.4 Å². The maximum absolute atomic E-state index is 13.1. The van der Waals surface area contributed by atoms with Crippen LogP contribution in [0.2, 0.25) is 0 Å². The lowest BCUT2D eigenvalue weighted by Gasteiger charge is -2.18. The molecule has 1 heterocycles. The molecule has 4 heteroatoms. The van der Waals surface area contributed by atoms with Crippen molar-refractivity contribution in [3.8, 4) is 0 Å². The number of anilines is 3. The first-order chi connectivity index (χ1) is 7.58. The van der Waals surface area contributed by atoms with Crippen LogP contribution in [0.1, 0.15) is 5.76 Å². The maximum Gasteiger partial charge on any atom is 0.199 e.